The number of ether oxygens (including phenoxy) is 1. The summed E-state index contributed by atoms with van der Waals surface area (Å²) in [5.41, 5.74) is 0.444. The van der Waals surface area contributed by atoms with Crippen LogP contribution < -0.4 is 15.4 Å². The molecule has 0 atom stereocenters. The monoisotopic (exact) mass is 293 g/mol. The highest BCUT2D eigenvalue weighted by Gasteiger charge is 2.12. The van der Waals surface area contributed by atoms with Crippen LogP contribution in [0, 0.1) is 0 Å². The molecule has 0 radical (unpaired) electrons. The zero-order valence-corrected chi connectivity index (χ0v) is 11.2. The second-order valence-corrected chi connectivity index (χ2v) is 4.53. The Morgan fingerprint density at radius 2 is 2.15 bits per heavy atom. The van der Waals surface area contributed by atoms with Crippen LogP contribution >= 0.6 is 11.3 Å². The minimum absolute atomic E-state index is 0.0263. The van der Waals surface area contributed by atoms with E-state index in [9.17, 15) is 9.59 Å². The molecule has 20 heavy (non-hydrogen) atoms. The highest BCUT2D eigenvalue weighted by Crippen LogP contribution is 2.23. The van der Waals surface area contributed by atoms with Gasteiger partial charge in [-0.1, -0.05) is 0 Å². The highest BCUT2D eigenvalue weighted by molar-refractivity contribution is 7.13. The number of thiazole rings is 1. The number of hydrogen-bond donors (Lipinski definition) is 3. The van der Waals surface area contributed by atoms with Crippen LogP contribution in [0.15, 0.2) is 29.8 Å². The summed E-state index contributed by atoms with van der Waals surface area (Å²) in [6.45, 7) is 0. The van der Waals surface area contributed by atoms with E-state index >= 15 is 0 Å². The number of carbonyl (C=O) groups is 2. The molecule has 0 aliphatic carbocycles. The largest absolute Gasteiger partial charge is 0.496 e. The van der Waals surface area contributed by atoms with Crippen molar-refractivity contribution in [2.45, 2.75) is 0 Å². The number of aromatic carboxylic acids is 1. The first-order valence-corrected chi connectivity index (χ1v) is 6.37. The molecule has 1 heterocycles. The fourth-order valence-corrected chi connectivity index (χ4v) is 2.01. The maximum Gasteiger partial charge on any atom is 0.339 e. The second-order valence-electron chi connectivity index (χ2n) is 3.64. The normalized spacial score (nSPS) is 9.85. The van der Waals surface area contributed by atoms with Crippen molar-refractivity contribution in [2.24, 2.45) is 0 Å². The first kappa shape index (κ1) is 13.8. The molecule has 8 heteroatoms. The number of carboxylic acids is 1. The average molecular weight is 293 g/mol. The van der Waals surface area contributed by atoms with Gasteiger partial charge in [0.15, 0.2) is 5.13 Å². The van der Waals surface area contributed by atoms with Crippen LogP contribution in [0.4, 0.5) is 15.6 Å². The molecule has 0 unspecified atom stereocenters. The van der Waals surface area contributed by atoms with Crippen LogP contribution in [0.2, 0.25) is 0 Å². The molecule has 7 nitrogen and oxygen atoms in total. The molecule has 1 aromatic carbocycles. The van der Waals surface area contributed by atoms with Crippen molar-refractivity contribution in [3.8, 4) is 5.75 Å². The van der Waals surface area contributed by atoms with Crippen LogP contribution in [0.1, 0.15) is 10.4 Å². The standard InChI is InChI=1S/C12H11N3O4S/c1-19-9-6-7(2-3-8(9)10(16)17)14-11(18)15-12-13-4-5-20-12/h2-6H,1H3,(H,16,17)(H2,13,14,15,18). The third kappa shape index (κ3) is 3.23. The number of benzene rings is 1. The molecule has 0 spiro atoms. The van der Waals surface area contributed by atoms with Gasteiger partial charge >= 0.3 is 12.0 Å². The Morgan fingerprint density at radius 1 is 1.35 bits per heavy atom. The van der Waals surface area contributed by atoms with Crippen LogP contribution in [0.3, 0.4) is 0 Å². The third-order valence-corrected chi connectivity index (χ3v) is 3.03. The van der Waals surface area contributed by atoms with Gasteiger partial charge in [0.2, 0.25) is 0 Å². The minimum atomic E-state index is -1.10. The van der Waals surface area contributed by atoms with Gasteiger partial charge in [0.1, 0.15) is 11.3 Å². The van der Waals surface area contributed by atoms with E-state index in [1.807, 2.05) is 0 Å². The number of methoxy groups -OCH3 is 1. The number of aromatic nitrogens is 1. The Kier molecular flexibility index (Phi) is 4.16. The molecule has 0 saturated heterocycles. The third-order valence-electron chi connectivity index (χ3n) is 2.34. The lowest BCUT2D eigenvalue weighted by Crippen LogP contribution is -2.19. The summed E-state index contributed by atoms with van der Waals surface area (Å²) < 4.78 is 4.97. The van der Waals surface area contributed by atoms with Crippen molar-refractivity contribution >= 4 is 34.2 Å². The predicted octanol–water partition coefficient (Wildman–Crippen LogP) is 2.49. The molecular weight excluding hydrogens is 282 g/mol. The maximum atomic E-state index is 11.7. The highest BCUT2D eigenvalue weighted by atomic mass is 32.1. The summed E-state index contributed by atoms with van der Waals surface area (Å²) >= 11 is 1.29. The van der Waals surface area contributed by atoms with E-state index in [2.05, 4.69) is 15.6 Å². The van der Waals surface area contributed by atoms with Gasteiger partial charge in [-0.25, -0.2) is 14.6 Å². The Bertz CT molecular complexity index is 628. The van der Waals surface area contributed by atoms with Gasteiger partial charge in [-0.15, -0.1) is 11.3 Å². The Hall–Kier alpha value is -2.61. The number of hydrogen-bond acceptors (Lipinski definition) is 5. The molecular formula is C12H11N3O4S. The number of rotatable bonds is 4. The van der Waals surface area contributed by atoms with E-state index in [4.69, 9.17) is 9.84 Å². The van der Waals surface area contributed by atoms with Crippen molar-refractivity contribution in [3.63, 3.8) is 0 Å². The summed E-state index contributed by atoms with van der Waals surface area (Å²) in [6.07, 6.45) is 1.57. The summed E-state index contributed by atoms with van der Waals surface area (Å²) in [5.74, 6) is -0.926. The van der Waals surface area contributed by atoms with Crippen LogP contribution in [-0.4, -0.2) is 29.2 Å². The molecule has 3 N–H and O–H groups in total. The van der Waals surface area contributed by atoms with E-state index in [0.717, 1.165) is 0 Å². The molecule has 2 rings (SSSR count). The SMILES string of the molecule is COc1cc(NC(=O)Nc2nccs2)ccc1C(=O)O. The van der Waals surface area contributed by atoms with Gasteiger partial charge in [0.25, 0.3) is 0 Å². The van der Waals surface area contributed by atoms with Crippen LogP contribution in [0.5, 0.6) is 5.75 Å². The van der Waals surface area contributed by atoms with E-state index in [0.29, 0.717) is 10.8 Å². The molecule has 0 fully saturated rings. The molecule has 0 aliphatic rings. The van der Waals surface area contributed by atoms with Crippen molar-refractivity contribution in [2.75, 3.05) is 17.7 Å². The molecule has 0 saturated carbocycles. The minimum Gasteiger partial charge on any atom is -0.496 e. The van der Waals surface area contributed by atoms with Gasteiger partial charge < -0.3 is 15.2 Å². The predicted molar refractivity (Wildman–Crippen MR) is 74.7 cm³/mol. The topological polar surface area (TPSA) is 101 Å². The number of anilines is 2. The lowest BCUT2D eigenvalue weighted by atomic mass is 10.2. The summed E-state index contributed by atoms with van der Waals surface area (Å²) in [4.78, 5) is 26.5. The first-order valence-electron chi connectivity index (χ1n) is 5.49. The van der Waals surface area contributed by atoms with E-state index < -0.39 is 12.0 Å². The first-order chi connectivity index (χ1) is 9.60. The molecule has 104 valence electrons. The summed E-state index contributed by atoms with van der Waals surface area (Å²) in [6, 6.07) is 3.81. The molecule has 0 aliphatic heterocycles. The fraction of sp³-hybridized carbons (Fsp3) is 0.0833. The smallest absolute Gasteiger partial charge is 0.339 e. The quantitative estimate of drug-likeness (QED) is 0.804. The fourth-order valence-electron chi connectivity index (χ4n) is 1.49. The average Bonchev–Trinajstić information content (AvgIpc) is 2.90. The van der Waals surface area contributed by atoms with E-state index in [1.54, 1.807) is 11.6 Å². The lowest BCUT2D eigenvalue weighted by molar-refractivity contribution is 0.0693. The number of amides is 2. The molecule has 2 amide bonds. The summed E-state index contributed by atoms with van der Waals surface area (Å²) in [7, 11) is 1.36. The maximum absolute atomic E-state index is 11.7. The number of carbonyl (C=O) groups excluding carboxylic acids is 1. The van der Waals surface area contributed by atoms with E-state index in [1.165, 1.54) is 36.6 Å². The van der Waals surface area contributed by atoms with Crippen molar-refractivity contribution in [1.29, 1.82) is 0 Å². The second kappa shape index (κ2) is 6.02. The zero-order valence-electron chi connectivity index (χ0n) is 10.4. The van der Waals surface area contributed by atoms with Gasteiger partial charge in [0.05, 0.1) is 7.11 Å². The van der Waals surface area contributed by atoms with Crippen molar-refractivity contribution in [3.05, 3.63) is 35.3 Å². The Morgan fingerprint density at radius 3 is 2.75 bits per heavy atom. The van der Waals surface area contributed by atoms with Gasteiger partial charge in [-0.05, 0) is 12.1 Å². The van der Waals surface area contributed by atoms with E-state index in [-0.39, 0.29) is 11.3 Å². The number of urea groups is 1. The van der Waals surface area contributed by atoms with Crippen molar-refractivity contribution < 1.29 is 19.4 Å². The lowest BCUT2D eigenvalue weighted by Gasteiger charge is -2.09. The number of carboxylic acid groups (broad SMARTS) is 1. The Labute approximate surface area is 118 Å². The number of nitrogens with zero attached hydrogens (tertiary/aromatic N) is 1. The van der Waals surface area contributed by atoms with Crippen LogP contribution in [-0.2, 0) is 0 Å². The van der Waals surface area contributed by atoms with Crippen LogP contribution in [0.25, 0.3) is 0 Å². The zero-order chi connectivity index (χ0) is 14.5. The van der Waals surface area contributed by atoms with Gasteiger partial charge in [-0.3, -0.25) is 5.32 Å². The van der Waals surface area contributed by atoms with Gasteiger partial charge in [0, 0.05) is 23.3 Å². The molecule has 1 aromatic heterocycles. The molecule has 2 aromatic rings. The van der Waals surface area contributed by atoms with Crippen molar-refractivity contribution in [1.82, 2.24) is 4.98 Å². The summed E-state index contributed by atoms with van der Waals surface area (Å²) in [5, 5.41) is 16.3. The Balaban J connectivity index is 2.09. The molecule has 0 bridgehead atoms. The van der Waals surface area contributed by atoms with Gasteiger partial charge in [-0.2, -0.15) is 0 Å². The number of nitrogens with one attached hydrogen (secondary N) is 2.